The van der Waals surface area contributed by atoms with Crippen LogP contribution in [0.5, 0.6) is 0 Å². The first-order chi connectivity index (χ1) is 12.7. The normalized spacial score (nSPS) is 30.3. The van der Waals surface area contributed by atoms with E-state index in [1.807, 2.05) is 24.3 Å². The standard InChI is InChI=1S/C21H20ClN3O/c22-15-4-1-5-16(11-15)25-13-17-19-20(25)21(17,19)8-10-24-18(26)7-6-14-3-2-9-23-12-14/h1-7,9,11-12,17,19-20H,8,10,13H2,(H,24,26)/b7-6+/t17-,19-,20+,21+/m1/s1. The molecule has 0 spiro atoms. The number of rotatable bonds is 6. The van der Waals surface area contributed by atoms with E-state index in [1.54, 1.807) is 24.5 Å². The molecule has 0 radical (unpaired) electrons. The summed E-state index contributed by atoms with van der Waals surface area (Å²) in [6, 6.07) is 12.6. The molecule has 0 unspecified atom stereocenters. The van der Waals surface area contributed by atoms with Crippen molar-refractivity contribution < 1.29 is 4.79 Å². The second kappa shape index (κ2) is 5.85. The number of pyridine rings is 1. The van der Waals surface area contributed by atoms with Crippen LogP contribution in [0.4, 0.5) is 5.69 Å². The van der Waals surface area contributed by atoms with E-state index < -0.39 is 0 Å². The fourth-order valence-electron chi connectivity index (χ4n) is 4.98. The average molecular weight is 366 g/mol. The van der Waals surface area contributed by atoms with Crippen LogP contribution < -0.4 is 10.2 Å². The van der Waals surface area contributed by atoms with Gasteiger partial charge in [-0.05, 0) is 54.2 Å². The summed E-state index contributed by atoms with van der Waals surface area (Å²) in [5.41, 5.74) is 2.61. The molecule has 132 valence electrons. The molecule has 1 aromatic heterocycles. The third-order valence-electron chi connectivity index (χ3n) is 6.25. The van der Waals surface area contributed by atoms with Crippen LogP contribution in [-0.2, 0) is 4.79 Å². The van der Waals surface area contributed by atoms with Gasteiger partial charge in [0.2, 0.25) is 5.91 Å². The number of nitrogens with one attached hydrogen (secondary N) is 1. The van der Waals surface area contributed by atoms with Gasteiger partial charge in [-0.25, -0.2) is 0 Å². The highest BCUT2D eigenvalue weighted by Crippen LogP contribution is 2.87. The lowest BCUT2D eigenvalue weighted by Gasteiger charge is -2.19. The van der Waals surface area contributed by atoms with Gasteiger partial charge in [0.1, 0.15) is 0 Å². The summed E-state index contributed by atoms with van der Waals surface area (Å²) in [5, 5.41) is 3.82. The van der Waals surface area contributed by atoms with Crippen molar-refractivity contribution in [2.24, 2.45) is 17.3 Å². The predicted molar refractivity (Wildman–Crippen MR) is 103 cm³/mol. The first-order valence-electron chi connectivity index (χ1n) is 9.08. The first kappa shape index (κ1) is 15.9. The van der Waals surface area contributed by atoms with Crippen molar-refractivity contribution in [1.29, 1.82) is 0 Å². The van der Waals surface area contributed by atoms with Gasteiger partial charge in [0, 0.05) is 53.7 Å². The largest absolute Gasteiger partial charge is 0.367 e. The molecule has 2 aliphatic heterocycles. The number of benzene rings is 1. The lowest BCUT2D eigenvalue weighted by Crippen LogP contribution is -2.26. The third kappa shape index (κ3) is 2.43. The molecule has 4 aliphatic rings. The number of hydrogen-bond acceptors (Lipinski definition) is 3. The van der Waals surface area contributed by atoms with Crippen molar-refractivity contribution in [2.45, 2.75) is 12.5 Å². The molecule has 2 bridgehead atoms. The highest BCUT2D eigenvalue weighted by molar-refractivity contribution is 6.30. The number of nitrogens with zero attached hydrogens (tertiary/aromatic N) is 2. The summed E-state index contributed by atoms with van der Waals surface area (Å²) in [6.07, 6.45) is 7.90. The number of carbonyl (C=O) groups is 1. The van der Waals surface area contributed by atoms with E-state index in [1.165, 1.54) is 5.69 Å². The third-order valence-corrected chi connectivity index (χ3v) is 6.49. The molecule has 26 heavy (non-hydrogen) atoms. The van der Waals surface area contributed by atoms with E-state index in [0.29, 0.717) is 11.5 Å². The fourth-order valence-corrected chi connectivity index (χ4v) is 5.17. The Morgan fingerprint density at radius 3 is 3.08 bits per heavy atom. The van der Waals surface area contributed by atoms with Crippen LogP contribution in [0.3, 0.4) is 0 Å². The molecule has 1 N–H and O–H groups in total. The molecule has 2 aliphatic carbocycles. The molecular weight excluding hydrogens is 346 g/mol. The topological polar surface area (TPSA) is 45.2 Å². The van der Waals surface area contributed by atoms with Crippen LogP contribution in [0, 0.1) is 17.3 Å². The molecule has 2 aromatic rings. The lowest BCUT2D eigenvalue weighted by atomic mass is 10.0. The molecule has 1 amide bonds. The van der Waals surface area contributed by atoms with E-state index in [4.69, 9.17) is 11.6 Å². The summed E-state index contributed by atoms with van der Waals surface area (Å²) in [7, 11) is 0. The summed E-state index contributed by atoms with van der Waals surface area (Å²) in [4.78, 5) is 18.5. The second-order valence-electron chi connectivity index (χ2n) is 7.48. The smallest absolute Gasteiger partial charge is 0.244 e. The number of amides is 1. The van der Waals surface area contributed by atoms with Gasteiger partial charge in [-0.2, -0.15) is 0 Å². The highest BCUT2D eigenvalue weighted by Gasteiger charge is 2.91. The van der Waals surface area contributed by atoms with Crippen molar-refractivity contribution in [3.63, 3.8) is 0 Å². The number of fused-ring (bicyclic) bond motifs is 1. The Hall–Kier alpha value is -2.33. The van der Waals surface area contributed by atoms with E-state index in [-0.39, 0.29) is 5.91 Å². The Bertz CT molecular complexity index is 878. The van der Waals surface area contributed by atoms with Gasteiger partial charge in [0.15, 0.2) is 0 Å². The summed E-state index contributed by atoms with van der Waals surface area (Å²) >= 11 is 6.13. The Labute approximate surface area is 157 Å². The number of anilines is 1. The maximum Gasteiger partial charge on any atom is 0.244 e. The Morgan fingerprint density at radius 2 is 2.31 bits per heavy atom. The minimum absolute atomic E-state index is 0.0397. The van der Waals surface area contributed by atoms with E-state index >= 15 is 0 Å². The SMILES string of the molecule is O=C(/C=C/c1cccnc1)NCC[C@@]12[C@@H]3[C@H]1CN(c1cccc(Cl)c1)[C@@H]32. The predicted octanol–water partition coefficient (Wildman–Crippen LogP) is 3.39. The Balaban J connectivity index is 1.13. The molecule has 1 aromatic carbocycles. The zero-order valence-electron chi connectivity index (χ0n) is 14.3. The minimum atomic E-state index is -0.0397. The molecule has 6 rings (SSSR count). The monoisotopic (exact) mass is 365 g/mol. The van der Waals surface area contributed by atoms with Crippen LogP contribution >= 0.6 is 11.6 Å². The van der Waals surface area contributed by atoms with E-state index in [0.717, 1.165) is 41.9 Å². The van der Waals surface area contributed by atoms with Crippen molar-refractivity contribution in [3.05, 3.63) is 65.5 Å². The van der Waals surface area contributed by atoms with Crippen molar-refractivity contribution in [3.8, 4) is 0 Å². The Morgan fingerprint density at radius 1 is 1.38 bits per heavy atom. The molecule has 4 fully saturated rings. The number of halogens is 1. The maximum atomic E-state index is 12.0. The quantitative estimate of drug-likeness (QED) is 0.798. The molecule has 3 heterocycles. The van der Waals surface area contributed by atoms with Gasteiger partial charge in [-0.3, -0.25) is 9.78 Å². The molecule has 2 saturated carbocycles. The fraction of sp³-hybridized carbons (Fsp3) is 0.333. The maximum absolute atomic E-state index is 12.0. The molecule has 4 nitrogen and oxygen atoms in total. The van der Waals surface area contributed by atoms with Crippen LogP contribution in [0.1, 0.15) is 12.0 Å². The zero-order chi connectivity index (χ0) is 17.7. The molecule has 4 atom stereocenters. The van der Waals surface area contributed by atoms with Gasteiger partial charge in [0.25, 0.3) is 0 Å². The Kier molecular flexibility index (Phi) is 3.57. The second-order valence-corrected chi connectivity index (χ2v) is 7.92. The first-order valence-corrected chi connectivity index (χ1v) is 9.46. The molecular formula is C21H20ClN3O. The lowest BCUT2D eigenvalue weighted by molar-refractivity contribution is -0.116. The zero-order valence-corrected chi connectivity index (χ0v) is 15.1. The van der Waals surface area contributed by atoms with Crippen LogP contribution in [0.25, 0.3) is 6.08 Å². The molecule has 2 saturated heterocycles. The van der Waals surface area contributed by atoms with Gasteiger partial charge in [-0.15, -0.1) is 0 Å². The number of carbonyl (C=O) groups excluding carboxylic acids is 1. The van der Waals surface area contributed by atoms with Crippen LogP contribution in [-0.4, -0.2) is 30.0 Å². The average Bonchev–Trinajstić information content (AvgIpc) is 3.34. The number of hydrogen-bond donors (Lipinski definition) is 1. The number of piperidine rings is 1. The van der Waals surface area contributed by atoms with Gasteiger partial charge >= 0.3 is 0 Å². The summed E-state index contributed by atoms with van der Waals surface area (Å²) in [6.45, 7) is 1.87. The van der Waals surface area contributed by atoms with Gasteiger partial charge in [0.05, 0.1) is 0 Å². The summed E-state index contributed by atoms with van der Waals surface area (Å²) in [5.74, 6) is 1.58. The molecule has 5 heteroatoms. The van der Waals surface area contributed by atoms with Gasteiger partial charge < -0.3 is 10.2 Å². The highest BCUT2D eigenvalue weighted by atomic mass is 35.5. The van der Waals surface area contributed by atoms with Crippen LogP contribution in [0.15, 0.2) is 54.9 Å². The van der Waals surface area contributed by atoms with E-state index in [2.05, 4.69) is 27.3 Å². The number of aromatic nitrogens is 1. The summed E-state index contributed by atoms with van der Waals surface area (Å²) < 4.78 is 0. The van der Waals surface area contributed by atoms with Crippen molar-refractivity contribution >= 4 is 29.3 Å². The van der Waals surface area contributed by atoms with E-state index in [9.17, 15) is 4.79 Å². The van der Waals surface area contributed by atoms with Crippen molar-refractivity contribution in [2.75, 3.05) is 18.0 Å². The minimum Gasteiger partial charge on any atom is -0.367 e. The van der Waals surface area contributed by atoms with Gasteiger partial charge in [-0.1, -0.05) is 23.7 Å². The van der Waals surface area contributed by atoms with Crippen molar-refractivity contribution in [1.82, 2.24) is 10.3 Å². The van der Waals surface area contributed by atoms with Crippen LogP contribution in [0.2, 0.25) is 5.02 Å².